The zero-order valence-corrected chi connectivity index (χ0v) is 21.4. The molecule has 6 rings (SSSR count). The van der Waals surface area contributed by atoms with Gasteiger partial charge in [0.25, 0.3) is 0 Å². The SMILES string of the molecule is Oc1cccc(N2c3ccc(OCc4ccccc4)cc3OC[C@H]2c2ccc(OCc3ccccc3)cc2)c1. The van der Waals surface area contributed by atoms with Crippen LogP contribution in [0, 0.1) is 0 Å². The van der Waals surface area contributed by atoms with Crippen molar-refractivity contribution < 1.29 is 19.3 Å². The second-order valence-corrected chi connectivity index (χ2v) is 9.46. The fourth-order valence-corrected chi connectivity index (χ4v) is 4.79. The van der Waals surface area contributed by atoms with Crippen LogP contribution >= 0.6 is 0 Å². The molecule has 0 saturated heterocycles. The molecular formula is C34H29NO4. The summed E-state index contributed by atoms with van der Waals surface area (Å²) in [5.74, 6) is 2.51. The van der Waals surface area contributed by atoms with Crippen LogP contribution in [-0.2, 0) is 13.2 Å². The number of ether oxygens (including phenoxy) is 3. The minimum absolute atomic E-state index is 0.0986. The van der Waals surface area contributed by atoms with Crippen LogP contribution in [0.25, 0.3) is 0 Å². The standard InChI is InChI=1S/C34H29NO4/c36-29-13-7-12-28(20-29)35-32-19-18-31(38-23-26-10-5-2-6-11-26)21-34(32)39-24-33(35)27-14-16-30(17-15-27)37-22-25-8-3-1-4-9-25/h1-21,33,36H,22-24H2/t33-/m0/s1. The highest BCUT2D eigenvalue weighted by Crippen LogP contribution is 2.46. The van der Waals surface area contributed by atoms with E-state index in [4.69, 9.17) is 14.2 Å². The molecular weight excluding hydrogens is 486 g/mol. The third-order valence-electron chi connectivity index (χ3n) is 6.77. The second-order valence-electron chi connectivity index (χ2n) is 9.46. The summed E-state index contributed by atoms with van der Waals surface area (Å²) >= 11 is 0. The number of hydrogen-bond donors (Lipinski definition) is 1. The third-order valence-corrected chi connectivity index (χ3v) is 6.77. The number of fused-ring (bicyclic) bond motifs is 1. The topological polar surface area (TPSA) is 51.2 Å². The van der Waals surface area contributed by atoms with Crippen molar-refractivity contribution in [1.29, 1.82) is 0 Å². The van der Waals surface area contributed by atoms with Crippen molar-refractivity contribution in [3.05, 3.63) is 144 Å². The lowest BCUT2D eigenvalue weighted by Crippen LogP contribution is -2.33. The minimum atomic E-state index is -0.0986. The molecule has 1 atom stereocenters. The maximum Gasteiger partial charge on any atom is 0.146 e. The first-order valence-corrected chi connectivity index (χ1v) is 13.0. The molecule has 0 radical (unpaired) electrons. The largest absolute Gasteiger partial charge is 0.508 e. The molecule has 0 saturated carbocycles. The molecule has 0 unspecified atom stereocenters. The molecule has 5 aromatic carbocycles. The van der Waals surface area contributed by atoms with Crippen LogP contribution in [-0.4, -0.2) is 11.7 Å². The van der Waals surface area contributed by atoms with Crippen molar-refractivity contribution in [2.75, 3.05) is 11.5 Å². The average molecular weight is 516 g/mol. The highest BCUT2D eigenvalue weighted by Gasteiger charge is 2.31. The van der Waals surface area contributed by atoms with E-state index < -0.39 is 0 Å². The Hall–Kier alpha value is -4.90. The summed E-state index contributed by atoms with van der Waals surface area (Å²) in [5.41, 5.74) is 5.11. The number of phenols is 1. The van der Waals surface area contributed by atoms with E-state index in [-0.39, 0.29) is 11.8 Å². The first-order chi connectivity index (χ1) is 19.2. The second kappa shape index (κ2) is 11.2. The van der Waals surface area contributed by atoms with Gasteiger partial charge in [0.1, 0.15) is 42.8 Å². The van der Waals surface area contributed by atoms with Gasteiger partial charge in [-0.05, 0) is 53.1 Å². The lowest BCUT2D eigenvalue weighted by molar-refractivity contribution is 0.266. The summed E-state index contributed by atoms with van der Waals surface area (Å²) in [6, 6.07) is 41.5. The van der Waals surface area contributed by atoms with Gasteiger partial charge < -0.3 is 24.2 Å². The number of aromatic hydroxyl groups is 1. The number of anilines is 2. The molecule has 1 N–H and O–H groups in total. The van der Waals surface area contributed by atoms with Gasteiger partial charge in [-0.2, -0.15) is 0 Å². The summed E-state index contributed by atoms with van der Waals surface area (Å²) in [4.78, 5) is 2.21. The van der Waals surface area contributed by atoms with Crippen LogP contribution in [0.3, 0.4) is 0 Å². The molecule has 0 fully saturated rings. The average Bonchev–Trinajstić information content (AvgIpc) is 2.99. The van der Waals surface area contributed by atoms with E-state index in [1.807, 2.05) is 91.0 Å². The Bertz CT molecular complexity index is 1520. The molecule has 39 heavy (non-hydrogen) atoms. The molecule has 5 heteroatoms. The van der Waals surface area contributed by atoms with Gasteiger partial charge in [0.2, 0.25) is 0 Å². The molecule has 1 aliphatic heterocycles. The zero-order valence-electron chi connectivity index (χ0n) is 21.4. The Balaban J connectivity index is 1.25. The lowest BCUT2D eigenvalue weighted by Gasteiger charge is -2.39. The van der Waals surface area contributed by atoms with Crippen LogP contribution in [0.1, 0.15) is 22.7 Å². The van der Waals surface area contributed by atoms with Gasteiger partial charge in [0.15, 0.2) is 0 Å². The zero-order chi connectivity index (χ0) is 26.4. The van der Waals surface area contributed by atoms with Gasteiger partial charge in [-0.1, -0.05) is 78.9 Å². The fraction of sp³-hybridized carbons (Fsp3) is 0.118. The Morgan fingerprint density at radius 1 is 0.667 bits per heavy atom. The van der Waals surface area contributed by atoms with Crippen molar-refractivity contribution in [3.63, 3.8) is 0 Å². The Labute approximate surface area is 228 Å². The fourth-order valence-electron chi connectivity index (χ4n) is 4.79. The van der Waals surface area contributed by atoms with Crippen LogP contribution in [0.15, 0.2) is 127 Å². The van der Waals surface area contributed by atoms with Crippen molar-refractivity contribution in [3.8, 4) is 23.0 Å². The van der Waals surface area contributed by atoms with E-state index in [0.717, 1.165) is 45.3 Å². The van der Waals surface area contributed by atoms with E-state index >= 15 is 0 Å². The third kappa shape index (κ3) is 5.68. The smallest absolute Gasteiger partial charge is 0.146 e. The molecule has 0 spiro atoms. The maximum absolute atomic E-state index is 10.3. The normalized spacial score (nSPS) is 14.3. The molecule has 5 aromatic rings. The first kappa shape index (κ1) is 24.4. The highest BCUT2D eigenvalue weighted by atomic mass is 16.5. The number of hydrogen-bond acceptors (Lipinski definition) is 5. The van der Waals surface area contributed by atoms with Gasteiger partial charge in [0.05, 0.1) is 11.7 Å². The van der Waals surface area contributed by atoms with E-state index in [9.17, 15) is 5.11 Å². The van der Waals surface area contributed by atoms with E-state index in [1.54, 1.807) is 12.1 Å². The van der Waals surface area contributed by atoms with Gasteiger partial charge in [-0.25, -0.2) is 0 Å². The Morgan fingerprint density at radius 3 is 1.97 bits per heavy atom. The van der Waals surface area contributed by atoms with Crippen molar-refractivity contribution >= 4 is 11.4 Å². The van der Waals surface area contributed by atoms with Crippen molar-refractivity contribution in [2.24, 2.45) is 0 Å². The van der Waals surface area contributed by atoms with Crippen LogP contribution in [0.5, 0.6) is 23.0 Å². The molecule has 0 amide bonds. The maximum atomic E-state index is 10.3. The van der Waals surface area contributed by atoms with Gasteiger partial charge in [-0.3, -0.25) is 0 Å². The van der Waals surface area contributed by atoms with Gasteiger partial charge >= 0.3 is 0 Å². The van der Waals surface area contributed by atoms with Gasteiger partial charge in [0, 0.05) is 17.8 Å². The number of benzene rings is 5. The predicted molar refractivity (Wildman–Crippen MR) is 153 cm³/mol. The van der Waals surface area contributed by atoms with Crippen molar-refractivity contribution in [1.82, 2.24) is 0 Å². The Kier molecular flexibility index (Phi) is 7.04. The van der Waals surface area contributed by atoms with Crippen LogP contribution < -0.4 is 19.1 Å². The van der Waals surface area contributed by atoms with Crippen LogP contribution in [0.2, 0.25) is 0 Å². The monoisotopic (exact) mass is 515 g/mol. The quantitative estimate of drug-likeness (QED) is 0.228. The number of nitrogens with zero attached hydrogens (tertiary/aromatic N) is 1. The molecule has 0 aliphatic carbocycles. The lowest BCUT2D eigenvalue weighted by atomic mass is 10.0. The minimum Gasteiger partial charge on any atom is -0.508 e. The number of rotatable bonds is 8. The number of phenolic OH excluding ortho intramolecular Hbond substituents is 1. The van der Waals surface area contributed by atoms with E-state index in [2.05, 4.69) is 29.2 Å². The Morgan fingerprint density at radius 2 is 1.31 bits per heavy atom. The van der Waals surface area contributed by atoms with Crippen LogP contribution in [0.4, 0.5) is 11.4 Å². The molecule has 5 nitrogen and oxygen atoms in total. The predicted octanol–water partition coefficient (Wildman–Crippen LogP) is 7.82. The molecule has 1 aliphatic rings. The summed E-state index contributed by atoms with van der Waals surface area (Å²) < 4.78 is 18.3. The summed E-state index contributed by atoms with van der Waals surface area (Å²) in [6.45, 7) is 1.44. The summed E-state index contributed by atoms with van der Waals surface area (Å²) in [7, 11) is 0. The molecule has 0 bridgehead atoms. The summed E-state index contributed by atoms with van der Waals surface area (Å²) in [6.07, 6.45) is 0. The van der Waals surface area contributed by atoms with E-state index in [1.165, 1.54) is 0 Å². The molecule has 0 aromatic heterocycles. The first-order valence-electron chi connectivity index (χ1n) is 13.0. The summed E-state index contributed by atoms with van der Waals surface area (Å²) in [5, 5.41) is 10.3. The van der Waals surface area contributed by atoms with Gasteiger partial charge in [-0.15, -0.1) is 0 Å². The van der Waals surface area contributed by atoms with Crippen molar-refractivity contribution in [2.45, 2.75) is 19.3 Å². The highest BCUT2D eigenvalue weighted by molar-refractivity contribution is 5.73. The molecule has 1 heterocycles. The van der Waals surface area contributed by atoms with E-state index in [0.29, 0.717) is 19.8 Å². The molecule has 194 valence electrons.